The van der Waals surface area contributed by atoms with Crippen LogP contribution in [0.4, 0.5) is 10.5 Å². The van der Waals surface area contributed by atoms with Gasteiger partial charge >= 0.3 is 6.03 Å². The third-order valence-electron chi connectivity index (χ3n) is 5.27. The van der Waals surface area contributed by atoms with E-state index in [0.717, 1.165) is 25.4 Å². The van der Waals surface area contributed by atoms with E-state index in [1.807, 2.05) is 30.3 Å². The smallest absolute Gasteiger partial charge is 0.318 e. The van der Waals surface area contributed by atoms with E-state index in [1.54, 1.807) is 22.1 Å². The molecule has 4 rings (SSSR count). The highest BCUT2D eigenvalue weighted by molar-refractivity contribution is 6.34. The molecule has 0 spiro atoms. The molecule has 2 saturated heterocycles. The van der Waals surface area contributed by atoms with Crippen LogP contribution in [0.2, 0.25) is 5.02 Å². The Balaban J connectivity index is 1.29. The molecule has 148 valence electrons. The largest absolute Gasteiger partial charge is 0.468 e. The van der Waals surface area contributed by atoms with Gasteiger partial charge < -0.3 is 19.5 Å². The standard InChI is InChI=1S/C20H23ClN4O3/c21-16-5-1-2-6-18(16)25-8-7-17(19(25)26)22-20(27)24-11-9-23(10-12-24)14-15-4-3-13-28-15/h1-6,13,17H,7-12,14H2,(H,22,27). The molecule has 1 atom stereocenters. The third kappa shape index (κ3) is 4.00. The first-order chi connectivity index (χ1) is 13.6. The first-order valence-corrected chi connectivity index (χ1v) is 9.86. The Morgan fingerprint density at radius 2 is 1.89 bits per heavy atom. The Hall–Kier alpha value is -2.51. The number of anilines is 1. The van der Waals surface area contributed by atoms with Crippen molar-refractivity contribution in [2.24, 2.45) is 0 Å². The van der Waals surface area contributed by atoms with Crippen LogP contribution in [0.25, 0.3) is 0 Å². The molecule has 3 amide bonds. The second-order valence-corrected chi connectivity index (χ2v) is 7.48. The van der Waals surface area contributed by atoms with Crippen molar-refractivity contribution in [3.63, 3.8) is 0 Å². The number of nitrogens with one attached hydrogen (secondary N) is 1. The van der Waals surface area contributed by atoms with E-state index in [9.17, 15) is 9.59 Å². The number of nitrogens with zero attached hydrogens (tertiary/aromatic N) is 3. The number of halogens is 1. The summed E-state index contributed by atoms with van der Waals surface area (Å²) in [4.78, 5) is 31.0. The Bertz CT molecular complexity index is 834. The fourth-order valence-electron chi connectivity index (χ4n) is 3.70. The van der Waals surface area contributed by atoms with Crippen molar-refractivity contribution >= 4 is 29.2 Å². The topological polar surface area (TPSA) is 69.0 Å². The number of urea groups is 1. The van der Waals surface area contributed by atoms with Gasteiger partial charge in [-0.3, -0.25) is 9.69 Å². The van der Waals surface area contributed by atoms with Crippen molar-refractivity contribution in [1.82, 2.24) is 15.1 Å². The lowest BCUT2D eigenvalue weighted by Crippen LogP contribution is -2.54. The highest BCUT2D eigenvalue weighted by Gasteiger charge is 2.35. The second kappa shape index (κ2) is 8.24. The third-order valence-corrected chi connectivity index (χ3v) is 5.59. The number of carbonyl (C=O) groups is 2. The number of hydrogen-bond acceptors (Lipinski definition) is 4. The maximum Gasteiger partial charge on any atom is 0.318 e. The van der Waals surface area contributed by atoms with Crippen molar-refractivity contribution in [2.75, 3.05) is 37.6 Å². The van der Waals surface area contributed by atoms with Crippen LogP contribution in [0.5, 0.6) is 0 Å². The van der Waals surface area contributed by atoms with Crippen LogP contribution in [0.3, 0.4) is 0 Å². The van der Waals surface area contributed by atoms with Crippen molar-refractivity contribution in [1.29, 1.82) is 0 Å². The highest BCUT2D eigenvalue weighted by atomic mass is 35.5. The number of carbonyl (C=O) groups excluding carboxylic acids is 2. The molecule has 0 aliphatic carbocycles. The van der Waals surface area contributed by atoms with Gasteiger partial charge in [0, 0.05) is 32.7 Å². The van der Waals surface area contributed by atoms with Crippen molar-refractivity contribution < 1.29 is 14.0 Å². The monoisotopic (exact) mass is 402 g/mol. The van der Waals surface area contributed by atoms with Gasteiger partial charge in [0.05, 0.1) is 23.5 Å². The molecule has 2 aliphatic heterocycles. The molecule has 28 heavy (non-hydrogen) atoms. The normalized spacial score (nSPS) is 20.6. The van der Waals surface area contributed by atoms with Gasteiger partial charge in [-0.05, 0) is 30.7 Å². The van der Waals surface area contributed by atoms with Gasteiger partial charge in [0.2, 0.25) is 5.91 Å². The van der Waals surface area contributed by atoms with Crippen molar-refractivity contribution in [3.8, 4) is 0 Å². The summed E-state index contributed by atoms with van der Waals surface area (Å²) in [5.74, 6) is 0.812. The Kier molecular flexibility index (Phi) is 5.54. The number of hydrogen-bond donors (Lipinski definition) is 1. The van der Waals surface area contributed by atoms with E-state index in [4.69, 9.17) is 16.0 Å². The number of furan rings is 1. The summed E-state index contributed by atoms with van der Waals surface area (Å²) in [6.45, 7) is 4.10. The summed E-state index contributed by atoms with van der Waals surface area (Å²) in [6.07, 6.45) is 2.25. The molecule has 1 N–H and O–H groups in total. The molecule has 0 saturated carbocycles. The molecule has 2 aliphatic rings. The van der Waals surface area contributed by atoms with Crippen molar-refractivity contribution in [2.45, 2.75) is 19.0 Å². The van der Waals surface area contributed by atoms with Gasteiger partial charge in [-0.2, -0.15) is 0 Å². The van der Waals surface area contributed by atoms with Crippen molar-refractivity contribution in [3.05, 3.63) is 53.4 Å². The zero-order chi connectivity index (χ0) is 19.5. The van der Waals surface area contributed by atoms with Crippen LogP contribution in [0.1, 0.15) is 12.2 Å². The fraction of sp³-hybridized carbons (Fsp3) is 0.400. The zero-order valence-electron chi connectivity index (χ0n) is 15.5. The van der Waals surface area contributed by atoms with E-state index in [2.05, 4.69) is 10.2 Å². The maximum absolute atomic E-state index is 12.7. The Morgan fingerprint density at radius 3 is 2.61 bits per heavy atom. The molecule has 7 nitrogen and oxygen atoms in total. The molecule has 1 aromatic carbocycles. The average Bonchev–Trinajstić information content (AvgIpc) is 3.33. The average molecular weight is 403 g/mol. The van der Waals surface area contributed by atoms with Crippen LogP contribution in [0.15, 0.2) is 47.1 Å². The van der Waals surface area contributed by atoms with Gasteiger partial charge in [0.25, 0.3) is 0 Å². The molecule has 1 aromatic heterocycles. The van der Waals surface area contributed by atoms with Crippen LogP contribution >= 0.6 is 11.6 Å². The first kappa shape index (κ1) is 18.8. The second-order valence-electron chi connectivity index (χ2n) is 7.07. The number of benzene rings is 1. The van der Waals surface area contributed by atoms with Gasteiger partial charge in [0.15, 0.2) is 0 Å². The highest BCUT2D eigenvalue weighted by Crippen LogP contribution is 2.29. The molecular weight excluding hydrogens is 380 g/mol. The van der Waals surface area contributed by atoms with Gasteiger partial charge in [0.1, 0.15) is 11.8 Å². The fourth-order valence-corrected chi connectivity index (χ4v) is 3.93. The quantitative estimate of drug-likeness (QED) is 0.853. The zero-order valence-corrected chi connectivity index (χ0v) is 16.3. The van der Waals surface area contributed by atoms with E-state index < -0.39 is 6.04 Å². The van der Waals surface area contributed by atoms with Crippen LogP contribution in [0, 0.1) is 0 Å². The number of piperazine rings is 1. The van der Waals surface area contributed by atoms with E-state index in [-0.39, 0.29) is 11.9 Å². The lowest BCUT2D eigenvalue weighted by atomic mass is 10.2. The molecule has 8 heteroatoms. The van der Waals surface area contributed by atoms with Crippen LogP contribution < -0.4 is 10.2 Å². The molecule has 2 aromatic rings. The molecule has 0 radical (unpaired) electrons. The Labute approximate surface area is 168 Å². The van der Waals surface area contributed by atoms with E-state index in [1.165, 1.54) is 0 Å². The summed E-state index contributed by atoms with van der Waals surface area (Å²) in [5, 5.41) is 3.43. The minimum absolute atomic E-state index is 0.113. The molecule has 0 bridgehead atoms. The van der Waals surface area contributed by atoms with Gasteiger partial charge in [-0.1, -0.05) is 23.7 Å². The van der Waals surface area contributed by atoms with Crippen LogP contribution in [-0.2, 0) is 11.3 Å². The Morgan fingerprint density at radius 1 is 1.11 bits per heavy atom. The summed E-state index contributed by atoms with van der Waals surface area (Å²) in [7, 11) is 0. The minimum atomic E-state index is -0.509. The minimum Gasteiger partial charge on any atom is -0.468 e. The summed E-state index contributed by atoms with van der Waals surface area (Å²) < 4.78 is 5.38. The summed E-state index contributed by atoms with van der Waals surface area (Å²) >= 11 is 6.21. The van der Waals surface area contributed by atoms with Gasteiger partial charge in [-0.25, -0.2) is 4.79 Å². The molecule has 2 fully saturated rings. The predicted octanol–water partition coefficient (Wildman–Crippen LogP) is 2.57. The molecule has 3 heterocycles. The predicted molar refractivity (Wildman–Crippen MR) is 106 cm³/mol. The van der Waals surface area contributed by atoms with Crippen LogP contribution in [-0.4, -0.2) is 60.5 Å². The number of para-hydroxylation sites is 1. The molecular formula is C20H23ClN4O3. The molecule has 1 unspecified atom stereocenters. The summed E-state index contributed by atoms with van der Waals surface area (Å²) in [6, 6.07) is 10.4. The summed E-state index contributed by atoms with van der Waals surface area (Å²) in [5.41, 5.74) is 0.692. The number of amides is 3. The SMILES string of the molecule is O=C(NC1CCN(c2ccccc2Cl)C1=O)N1CCN(Cc2ccco2)CC1. The van der Waals surface area contributed by atoms with E-state index in [0.29, 0.717) is 36.8 Å². The number of rotatable bonds is 4. The first-order valence-electron chi connectivity index (χ1n) is 9.48. The lowest BCUT2D eigenvalue weighted by molar-refractivity contribution is -0.118. The van der Waals surface area contributed by atoms with Gasteiger partial charge in [-0.15, -0.1) is 0 Å². The van der Waals surface area contributed by atoms with E-state index >= 15 is 0 Å². The maximum atomic E-state index is 12.7. The lowest BCUT2D eigenvalue weighted by Gasteiger charge is -2.34.